The summed E-state index contributed by atoms with van der Waals surface area (Å²) in [5.74, 6) is 0.330. The fourth-order valence-corrected chi connectivity index (χ4v) is 2.81. The quantitative estimate of drug-likeness (QED) is 0.902. The molecule has 0 saturated carbocycles. The van der Waals surface area contributed by atoms with Crippen molar-refractivity contribution < 1.29 is 5.11 Å². The van der Waals surface area contributed by atoms with Crippen molar-refractivity contribution in [2.75, 3.05) is 13.1 Å². The largest absolute Gasteiger partial charge is 0.393 e. The zero-order valence-corrected chi connectivity index (χ0v) is 11.6. The van der Waals surface area contributed by atoms with Crippen molar-refractivity contribution in [2.24, 2.45) is 5.92 Å². The average Bonchev–Trinajstić information content (AvgIpc) is 2.87. The number of fused-ring (bicyclic) bond motifs is 1. The number of aliphatic hydroxyl groups is 1. The summed E-state index contributed by atoms with van der Waals surface area (Å²) >= 11 is 0. The molecule has 0 spiro atoms. The Hall–Kier alpha value is -1.72. The fourth-order valence-electron chi connectivity index (χ4n) is 2.81. The number of rotatable bonds is 3. The van der Waals surface area contributed by atoms with Crippen molar-refractivity contribution in [3.05, 3.63) is 46.5 Å². The summed E-state index contributed by atoms with van der Waals surface area (Å²) in [7, 11) is 0. The van der Waals surface area contributed by atoms with Crippen LogP contribution in [0.5, 0.6) is 0 Å². The first-order chi connectivity index (χ1) is 9.63. The second kappa shape index (κ2) is 5.34. The molecule has 2 unspecified atom stereocenters. The van der Waals surface area contributed by atoms with Gasteiger partial charge in [0.05, 0.1) is 11.8 Å². The highest BCUT2D eigenvalue weighted by atomic mass is 16.3. The van der Waals surface area contributed by atoms with Crippen LogP contribution >= 0.6 is 0 Å². The van der Waals surface area contributed by atoms with Gasteiger partial charge in [-0.05, 0) is 37.9 Å². The van der Waals surface area contributed by atoms with Crippen LogP contribution in [0, 0.1) is 5.92 Å². The van der Waals surface area contributed by atoms with Gasteiger partial charge in [0.15, 0.2) is 0 Å². The van der Waals surface area contributed by atoms with E-state index >= 15 is 0 Å². The molecule has 5 nitrogen and oxygen atoms in total. The van der Waals surface area contributed by atoms with Crippen LogP contribution in [0.2, 0.25) is 0 Å². The van der Waals surface area contributed by atoms with Crippen molar-refractivity contribution in [1.82, 2.24) is 14.3 Å². The highest BCUT2D eigenvalue weighted by molar-refractivity contribution is 5.37. The van der Waals surface area contributed by atoms with Crippen LogP contribution in [-0.4, -0.2) is 38.6 Å². The van der Waals surface area contributed by atoms with E-state index in [1.54, 1.807) is 16.7 Å². The SMILES string of the molecule is CC(O)C1CCN(Cc2cc(=O)n3ccccc3n2)C1. The number of hydrogen-bond donors (Lipinski definition) is 1. The van der Waals surface area contributed by atoms with Crippen molar-refractivity contribution in [3.63, 3.8) is 0 Å². The molecule has 0 aliphatic carbocycles. The Morgan fingerprint density at radius 3 is 3.10 bits per heavy atom. The molecule has 3 rings (SSSR count). The Bertz CT molecular complexity index is 665. The minimum absolute atomic E-state index is 0.0446. The number of aromatic nitrogens is 2. The second-order valence-electron chi connectivity index (χ2n) is 5.54. The summed E-state index contributed by atoms with van der Waals surface area (Å²) in [6.45, 7) is 4.33. The van der Waals surface area contributed by atoms with Gasteiger partial charge >= 0.3 is 0 Å². The Labute approximate surface area is 117 Å². The Balaban J connectivity index is 1.80. The Morgan fingerprint density at radius 1 is 1.50 bits per heavy atom. The molecule has 1 fully saturated rings. The van der Waals surface area contributed by atoms with Crippen LogP contribution in [0.3, 0.4) is 0 Å². The predicted molar refractivity (Wildman–Crippen MR) is 76.5 cm³/mol. The molecule has 0 radical (unpaired) electrons. The van der Waals surface area contributed by atoms with Gasteiger partial charge in [0.1, 0.15) is 5.65 Å². The summed E-state index contributed by atoms with van der Waals surface area (Å²) in [5, 5.41) is 9.63. The Morgan fingerprint density at radius 2 is 2.35 bits per heavy atom. The molecule has 2 aromatic heterocycles. The topological polar surface area (TPSA) is 57.8 Å². The predicted octanol–water partition coefficient (Wildman–Crippen LogP) is 0.897. The fraction of sp³-hybridized carbons (Fsp3) is 0.467. The number of pyridine rings is 1. The molecule has 0 aromatic carbocycles. The van der Waals surface area contributed by atoms with E-state index in [1.165, 1.54) is 0 Å². The van der Waals surface area contributed by atoms with Gasteiger partial charge in [0, 0.05) is 25.4 Å². The zero-order chi connectivity index (χ0) is 14.1. The molecule has 106 valence electrons. The third kappa shape index (κ3) is 2.59. The maximum absolute atomic E-state index is 12.0. The van der Waals surface area contributed by atoms with Gasteiger partial charge in [0.25, 0.3) is 5.56 Å². The third-order valence-electron chi connectivity index (χ3n) is 4.00. The van der Waals surface area contributed by atoms with Gasteiger partial charge in [-0.3, -0.25) is 14.1 Å². The average molecular weight is 273 g/mol. The van der Waals surface area contributed by atoms with Gasteiger partial charge in [-0.15, -0.1) is 0 Å². The van der Waals surface area contributed by atoms with E-state index in [4.69, 9.17) is 0 Å². The van der Waals surface area contributed by atoms with Crippen molar-refractivity contribution in [1.29, 1.82) is 0 Å². The second-order valence-corrected chi connectivity index (χ2v) is 5.54. The zero-order valence-electron chi connectivity index (χ0n) is 11.6. The normalized spacial score (nSPS) is 21.4. The molecule has 1 saturated heterocycles. The highest BCUT2D eigenvalue weighted by Gasteiger charge is 2.26. The van der Waals surface area contributed by atoms with E-state index in [1.807, 2.05) is 25.1 Å². The molecule has 5 heteroatoms. The van der Waals surface area contributed by atoms with Crippen LogP contribution < -0.4 is 5.56 Å². The first-order valence-corrected chi connectivity index (χ1v) is 7.01. The molecule has 20 heavy (non-hydrogen) atoms. The summed E-state index contributed by atoms with van der Waals surface area (Å²) in [6.07, 6.45) is 2.47. The molecule has 1 aliphatic rings. The maximum Gasteiger partial charge on any atom is 0.258 e. The van der Waals surface area contributed by atoms with Crippen LogP contribution in [0.25, 0.3) is 5.65 Å². The van der Waals surface area contributed by atoms with E-state index in [0.29, 0.717) is 18.1 Å². The maximum atomic E-state index is 12.0. The number of hydrogen-bond acceptors (Lipinski definition) is 4. The van der Waals surface area contributed by atoms with Gasteiger partial charge in [-0.2, -0.15) is 0 Å². The van der Waals surface area contributed by atoms with Gasteiger partial charge in [-0.1, -0.05) is 6.07 Å². The number of likely N-dealkylation sites (tertiary alicyclic amines) is 1. The molecule has 1 N–H and O–H groups in total. The molecule has 2 atom stereocenters. The van der Waals surface area contributed by atoms with Crippen molar-refractivity contribution in [2.45, 2.75) is 26.0 Å². The van der Waals surface area contributed by atoms with E-state index in [2.05, 4.69) is 9.88 Å². The van der Waals surface area contributed by atoms with Crippen LogP contribution in [0.4, 0.5) is 0 Å². The minimum atomic E-state index is -0.268. The van der Waals surface area contributed by atoms with Crippen LogP contribution in [-0.2, 0) is 6.54 Å². The standard InChI is InChI=1S/C15H19N3O2/c1-11(19)12-5-7-17(9-12)10-13-8-15(20)18-6-3-2-4-14(18)16-13/h2-4,6,8,11-12,19H,5,7,9-10H2,1H3. The summed E-state index contributed by atoms with van der Waals surface area (Å²) < 4.78 is 1.55. The highest BCUT2D eigenvalue weighted by Crippen LogP contribution is 2.20. The molecular formula is C15H19N3O2. The lowest BCUT2D eigenvalue weighted by atomic mass is 10.0. The van der Waals surface area contributed by atoms with Gasteiger partial charge < -0.3 is 5.11 Å². The smallest absolute Gasteiger partial charge is 0.258 e. The summed E-state index contributed by atoms with van der Waals surface area (Å²) in [6, 6.07) is 7.14. The van der Waals surface area contributed by atoms with Crippen LogP contribution in [0.15, 0.2) is 35.3 Å². The lowest BCUT2D eigenvalue weighted by molar-refractivity contribution is 0.127. The van der Waals surface area contributed by atoms with Crippen molar-refractivity contribution >= 4 is 5.65 Å². The molecule has 1 aliphatic heterocycles. The van der Waals surface area contributed by atoms with Gasteiger partial charge in [-0.25, -0.2) is 4.98 Å². The molecule has 2 aromatic rings. The summed E-state index contributed by atoms with van der Waals surface area (Å²) in [4.78, 5) is 18.8. The van der Waals surface area contributed by atoms with E-state index in [0.717, 1.165) is 25.2 Å². The lowest BCUT2D eigenvalue weighted by Crippen LogP contribution is -2.25. The van der Waals surface area contributed by atoms with E-state index < -0.39 is 0 Å². The van der Waals surface area contributed by atoms with E-state index in [-0.39, 0.29) is 11.7 Å². The number of aliphatic hydroxyl groups excluding tert-OH is 1. The Kier molecular flexibility index (Phi) is 3.54. The first kappa shape index (κ1) is 13.3. The number of nitrogens with zero attached hydrogens (tertiary/aromatic N) is 3. The van der Waals surface area contributed by atoms with Crippen molar-refractivity contribution in [3.8, 4) is 0 Å². The van der Waals surface area contributed by atoms with Crippen LogP contribution in [0.1, 0.15) is 19.0 Å². The van der Waals surface area contributed by atoms with Gasteiger partial charge in [0.2, 0.25) is 0 Å². The monoisotopic (exact) mass is 273 g/mol. The molecule has 0 bridgehead atoms. The molecule has 3 heterocycles. The minimum Gasteiger partial charge on any atom is -0.393 e. The first-order valence-electron chi connectivity index (χ1n) is 7.01. The summed E-state index contributed by atoms with van der Waals surface area (Å²) in [5.41, 5.74) is 1.44. The third-order valence-corrected chi connectivity index (χ3v) is 4.00. The lowest BCUT2D eigenvalue weighted by Gasteiger charge is -2.17. The molecular weight excluding hydrogens is 254 g/mol. The van der Waals surface area contributed by atoms with E-state index in [9.17, 15) is 9.90 Å². The molecule has 0 amide bonds.